The molecule has 6 rings (SSSR count). The second-order valence-corrected chi connectivity index (χ2v) is 12.5. The molecular weight excluding hydrogens is 680 g/mol. The molecule has 4 aromatic rings. The van der Waals surface area contributed by atoms with Crippen LogP contribution in [0.3, 0.4) is 0 Å². The molecule has 0 unspecified atom stereocenters. The second kappa shape index (κ2) is 13.7. The van der Waals surface area contributed by atoms with E-state index in [1.54, 1.807) is 18.9 Å². The van der Waals surface area contributed by atoms with Crippen LogP contribution in [0.4, 0.5) is 38.0 Å². The van der Waals surface area contributed by atoms with Crippen molar-refractivity contribution in [1.29, 1.82) is 5.26 Å². The van der Waals surface area contributed by atoms with Crippen molar-refractivity contribution in [3.63, 3.8) is 0 Å². The minimum absolute atomic E-state index is 0.00767. The summed E-state index contributed by atoms with van der Waals surface area (Å²) in [6, 6.07) is 10.1. The fourth-order valence-electron chi connectivity index (χ4n) is 6.36. The number of carbonyl (C=O) groups excluding carboxylic acids is 2. The van der Waals surface area contributed by atoms with Crippen LogP contribution in [-0.2, 0) is 37.3 Å². The third-order valence-electron chi connectivity index (χ3n) is 8.59. The number of rotatable bonds is 9. The van der Waals surface area contributed by atoms with Crippen molar-refractivity contribution in [1.82, 2.24) is 30.0 Å². The lowest BCUT2D eigenvalue weighted by Crippen LogP contribution is -2.52. The normalized spacial score (nSPS) is 16.6. The molecule has 17 heteroatoms. The molecule has 1 fully saturated rings. The Morgan fingerprint density at radius 1 is 1.00 bits per heavy atom. The number of pyridine rings is 1. The Kier molecular flexibility index (Phi) is 9.47. The summed E-state index contributed by atoms with van der Waals surface area (Å²) in [4.78, 5) is 33.3. The summed E-state index contributed by atoms with van der Waals surface area (Å²) in [7, 11) is 1.62. The first-order valence-electron chi connectivity index (χ1n) is 15.9. The number of hydrogen-bond acceptors (Lipinski definition) is 8. The summed E-state index contributed by atoms with van der Waals surface area (Å²) >= 11 is 0. The topological polar surface area (TPSA) is 132 Å². The zero-order valence-electron chi connectivity index (χ0n) is 27.4. The van der Waals surface area contributed by atoms with Crippen LogP contribution in [0.1, 0.15) is 52.4 Å². The SMILES string of the molecule is C[C@@H]1CN(Cc2cc3c(c(C(F)(F)F)c2)CN(c2cc(-c4cc(C(F)(F)F)ccc4-c4nncn4C)cc(NCCCC#N)n2)C3=O)CC(=O)N1. The Morgan fingerprint density at radius 3 is 2.45 bits per heavy atom. The average molecular weight is 712 g/mol. The molecule has 2 aromatic heterocycles. The van der Waals surface area contributed by atoms with Gasteiger partial charge in [-0.2, -0.15) is 31.6 Å². The third kappa shape index (κ3) is 7.50. The number of fused-ring (bicyclic) bond motifs is 1. The highest BCUT2D eigenvalue weighted by atomic mass is 19.4. The molecule has 11 nitrogen and oxygen atoms in total. The van der Waals surface area contributed by atoms with Crippen molar-refractivity contribution in [2.75, 3.05) is 29.9 Å². The van der Waals surface area contributed by atoms with Gasteiger partial charge in [-0.15, -0.1) is 10.2 Å². The number of anilines is 2. The number of amides is 2. The molecule has 2 aliphatic rings. The molecule has 0 aliphatic carbocycles. The predicted molar refractivity (Wildman–Crippen MR) is 173 cm³/mol. The minimum atomic E-state index is -4.82. The van der Waals surface area contributed by atoms with Gasteiger partial charge >= 0.3 is 12.4 Å². The van der Waals surface area contributed by atoms with Crippen LogP contribution in [0, 0.1) is 11.3 Å². The Labute approximate surface area is 287 Å². The van der Waals surface area contributed by atoms with E-state index >= 15 is 0 Å². The molecular formula is C34H31F6N9O2. The lowest BCUT2D eigenvalue weighted by molar-refractivity contribution is -0.138. The molecule has 0 radical (unpaired) electrons. The van der Waals surface area contributed by atoms with Crippen LogP contribution in [-0.4, -0.2) is 62.1 Å². The van der Waals surface area contributed by atoms with Crippen molar-refractivity contribution in [3.8, 4) is 28.6 Å². The zero-order valence-corrected chi connectivity index (χ0v) is 27.4. The van der Waals surface area contributed by atoms with Crippen LogP contribution < -0.4 is 15.5 Å². The Hall–Kier alpha value is -5.50. The van der Waals surface area contributed by atoms with Gasteiger partial charge in [0.05, 0.1) is 30.3 Å². The van der Waals surface area contributed by atoms with Gasteiger partial charge in [-0.25, -0.2) is 4.98 Å². The monoisotopic (exact) mass is 711 g/mol. The summed E-state index contributed by atoms with van der Waals surface area (Å²) < 4.78 is 87.0. The zero-order chi connectivity index (χ0) is 36.7. The molecule has 51 heavy (non-hydrogen) atoms. The van der Waals surface area contributed by atoms with Crippen LogP contribution in [0.25, 0.3) is 22.5 Å². The van der Waals surface area contributed by atoms with E-state index in [1.165, 1.54) is 35.2 Å². The fraction of sp³-hybridized carbons (Fsp3) is 0.353. The predicted octanol–water partition coefficient (Wildman–Crippen LogP) is 5.78. The molecule has 2 N–H and O–H groups in total. The van der Waals surface area contributed by atoms with Gasteiger partial charge in [-0.05, 0) is 78.1 Å². The van der Waals surface area contributed by atoms with Gasteiger partial charge in [0.1, 0.15) is 18.0 Å². The van der Waals surface area contributed by atoms with E-state index in [9.17, 15) is 35.9 Å². The molecule has 1 atom stereocenters. The standard InChI is InChI=1S/C34H31F6N9O2/c1-19-14-48(17-30(50)44-19)15-20-9-25-26(27(10-20)34(38,39)40)16-49(32(25)51)29-12-21(11-28(45-29)42-8-4-3-7-41)24-13-22(33(35,36)37)5-6-23(24)31-46-43-18-47(31)2/h5-6,9-13,18-19H,3-4,8,14-17H2,1-2H3,(H,42,45)(H,44,50)/t19-/m1/s1. The number of benzene rings is 2. The fourth-order valence-corrected chi connectivity index (χ4v) is 6.36. The maximum absolute atomic E-state index is 14.5. The quantitative estimate of drug-likeness (QED) is 0.165. The Morgan fingerprint density at radius 2 is 1.78 bits per heavy atom. The van der Waals surface area contributed by atoms with E-state index in [2.05, 4.69) is 25.8 Å². The van der Waals surface area contributed by atoms with Crippen molar-refractivity contribution >= 4 is 23.5 Å². The van der Waals surface area contributed by atoms with E-state index in [0.717, 1.165) is 23.1 Å². The van der Waals surface area contributed by atoms with Gasteiger partial charge in [-0.3, -0.25) is 19.4 Å². The first kappa shape index (κ1) is 35.3. The highest BCUT2D eigenvalue weighted by Gasteiger charge is 2.41. The highest BCUT2D eigenvalue weighted by Crippen LogP contribution is 2.42. The highest BCUT2D eigenvalue weighted by molar-refractivity contribution is 6.10. The van der Waals surface area contributed by atoms with Crippen molar-refractivity contribution in [3.05, 3.63) is 76.6 Å². The van der Waals surface area contributed by atoms with Crippen LogP contribution in [0.15, 0.2) is 48.8 Å². The molecule has 0 spiro atoms. The number of aryl methyl sites for hydroxylation is 1. The molecule has 0 saturated carbocycles. The Balaban J connectivity index is 1.45. The number of nitriles is 1. The van der Waals surface area contributed by atoms with Gasteiger partial charge in [0, 0.05) is 50.3 Å². The van der Waals surface area contributed by atoms with E-state index in [0.29, 0.717) is 13.0 Å². The summed E-state index contributed by atoms with van der Waals surface area (Å²) in [6.45, 7) is 1.89. The number of carbonyl (C=O) groups is 2. The molecule has 2 aliphatic heterocycles. The lowest BCUT2D eigenvalue weighted by atomic mass is 9.96. The van der Waals surface area contributed by atoms with Crippen molar-refractivity contribution in [2.24, 2.45) is 7.05 Å². The number of hydrogen-bond donors (Lipinski definition) is 2. The third-order valence-corrected chi connectivity index (χ3v) is 8.59. The van der Waals surface area contributed by atoms with E-state index in [4.69, 9.17) is 5.26 Å². The first-order valence-corrected chi connectivity index (χ1v) is 15.9. The molecule has 2 amide bonds. The van der Waals surface area contributed by atoms with Crippen LogP contribution >= 0.6 is 0 Å². The molecule has 2 aromatic carbocycles. The van der Waals surface area contributed by atoms with E-state index in [-0.39, 0.29) is 88.8 Å². The lowest BCUT2D eigenvalue weighted by Gasteiger charge is -2.31. The molecule has 0 bridgehead atoms. The van der Waals surface area contributed by atoms with Crippen LogP contribution in [0.2, 0.25) is 0 Å². The summed E-state index contributed by atoms with van der Waals surface area (Å²) in [6.07, 6.45) is -7.56. The first-order chi connectivity index (χ1) is 24.1. The number of halogens is 6. The largest absolute Gasteiger partial charge is 0.416 e. The van der Waals surface area contributed by atoms with Gasteiger partial charge in [0.25, 0.3) is 5.91 Å². The number of nitrogens with one attached hydrogen (secondary N) is 2. The summed E-state index contributed by atoms with van der Waals surface area (Å²) in [5, 5.41) is 22.6. The van der Waals surface area contributed by atoms with Gasteiger partial charge in [-0.1, -0.05) is 0 Å². The van der Waals surface area contributed by atoms with E-state index in [1.807, 2.05) is 6.07 Å². The smallest absolute Gasteiger partial charge is 0.370 e. The average Bonchev–Trinajstić information content (AvgIpc) is 3.63. The summed E-state index contributed by atoms with van der Waals surface area (Å²) in [5.74, 6) is -0.777. The van der Waals surface area contributed by atoms with Crippen LogP contribution in [0.5, 0.6) is 0 Å². The molecule has 266 valence electrons. The molecule has 1 saturated heterocycles. The number of piperazine rings is 1. The van der Waals surface area contributed by atoms with Crippen molar-refractivity contribution < 1.29 is 35.9 Å². The maximum Gasteiger partial charge on any atom is 0.416 e. The molecule has 4 heterocycles. The second-order valence-electron chi connectivity index (χ2n) is 12.5. The number of alkyl halides is 6. The number of nitrogens with zero attached hydrogens (tertiary/aromatic N) is 7. The summed E-state index contributed by atoms with van der Waals surface area (Å²) in [5.41, 5.74) is -1.73. The van der Waals surface area contributed by atoms with Gasteiger partial charge in [0.2, 0.25) is 5.91 Å². The number of aromatic nitrogens is 4. The van der Waals surface area contributed by atoms with Gasteiger partial charge in [0.15, 0.2) is 5.82 Å². The maximum atomic E-state index is 14.5. The van der Waals surface area contributed by atoms with Gasteiger partial charge < -0.3 is 15.2 Å². The van der Waals surface area contributed by atoms with E-state index < -0.39 is 35.9 Å². The number of unbranched alkanes of at least 4 members (excludes halogenated alkanes) is 1. The minimum Gasteiger partial charge on any atom is -0.370 e. The Bertz CT molecular complexity index is 2040. The van der Waals surface area contributed by atoms with Crippen molar-refractivity contribution in [2.45, 2.75) is 51.2 Å².